The van der Waals surface area contributed by atoms with Crippen molar-refractivity contribution >= 4 is 5.96 Å². The van der Waals surface area contributed by atoms with Gasteiger partial charge in [0, 0.05) is 26.4 Å². The van der Waals surface area contributed by atoms with Crippen LogP contribution in [0.2, 0.25) is 0 Å². The minimum absolute atomic E-state index is 0.603. The average molecular weight is 374 g/mol. The standard InChI is InChI=1S/C20H31N5O2/c1-3-4-13-26-15-16-27-14-11-22-20(21-2)23-17-18-10-12-25(24-18)19-8-6-5-7-9-19/h5-10,12H,3-4,11,13-17H2,1-2H3,(H2,21,22,23). The van der Waals surface area contributed by atoms with Crippen molar-refractivity contribution in [3.05, 3.63) is 48.3 Å². The molecule has 1 aromatic heterocycles. The number of guanidine groups is 1. The van der Waals surface area contributed by atoms with Gasteiger partial charge in [-0.15, -0.1) is 0 Å². The van der Waals surface area contributed by atoms with Gasteiger partial charge < -0.3 is 20.1 Å². The van der Waals surface area contributed by atoms with Crippen LogP contribution in [-0.2, 0) is 16.0 Å². The predicted molar refractivity (Wildman–Crippen MR) is 108 cm³/mol. The molecule has 0 aliphatic heterocycles. The van der Waals surface area contributed by atoms with Crippen LogP contribution in [0.5, 0.6) is 0 Å². The Labute approximate surface area is 161 Å². The molecule has 148 valence electrons. The van der Waals surface area contributed by atoms with Crippen LogP contribution in [-0.4, -0.2) is 55.8 Å². The number of aliphatic imine (C=N–C) groups is 1. The molecule has 2 aromatic rings. The first kappa shape index (κ1) is 20.9. The van der Waals surface area contributed by atoms with E-state index in [4.69, 9.17) is 9.47 Å². The Morgan fingerprint density at radius 1 is 1.04 bits per heavy atom. The lowest BCUT2D eigenvalue weighted by Gasteiger charge is -2.11. The first-order chi connectivity index (χ1) is 13.3. The van der Waals surface area contributed by atoms with E-state index in [0.717, 1.165) is 36.8 Å². The highest BCUT2D eigenvalue weighted by Gasteiger charge is 2.03. The summed E-state index contributed by atoms with van der Waals surface area (Å²) >= 11 is 0. The van der Waals surface area contributed by atoms with Crippen LogP contribution in [0.15, 0.2) is 47.6 Å². The van der Waals surface area contributed by atoms with E-state index in [1.165, 1.54) is 0 Å². The predicted octanol–water partition coefficient (Wildman–Crippen LogP) is 2.37. The Bertz CT molecular complexity index is 657. The Morgan fingerprint density at radius 2 is 1.81 bits per heavy atom. The zero-order valence-electron chi connectivity index (χ0n) is 16.4. The third-order valence-corrected chi connectivity index (χ3v) is 3.88. The summed E-state index contributed by atoms with van der Waals surface area (Å²) in [7, 11) is 1.75. The van der Waals surface area contributed by atoms with Gasteiger partial charge in [0.1, 0.15) is 0 Å². The van der Waals surface area contributed by atoms with Gasteiger partial charge in [-0.2, -0.15) is 5.10 Å². The van der Waals surface area contributed by atoms with Crippen LogP contribution < -0.4 is 10.6 Å². The Kier molecular flexibility index (Phi) is 9.99. The van der Waals surface area contributed by atoms with Gasteiger partial charge in [-0.25, -0.2) is 4.68 Å². The molecule has 2 rings (SSSR count). The van der Waals surface area contributed by atoms with Crippen molar-refractivity contribution in [2.45, 2.75) is 26.3 Å². The van der Waals surface area contributed by atoms with Crippen molar-refractivity contribution in [1.82, 2.24) is 20.4 Å². The van der Waals surface area contributed by atoms with E-state index in [1.54, 1.807) is 7.05 Å². The minimum atomic E-state index is 0.603. The van der Waals surface area contributed by atoms with E-state index in [2.05, 4.69) is 27.6 Å². The van der Waals surface area contributed by atoms with Crippen molar-refractivity contribution in [3.63, 3.8) is 0 Å². The Hall–Kier alpha value is -2.38. The monoisotopic (exact) mass is 373 g/mol. The second kappa shape index (κ2) is 12.9. The smallest absolute Gasteiger partial charge is 0.191 e. The topological polar surface area (TPSA) is 72.7 Å². The van der Waals surface area contributed by atoms with Gasteiger partial charge in [-0.1, -0.05) is 31.5 Å². The Balaban J connectivity index is 1.60. The fourth-order valence-corrected chi connectivity index (χ4v) is 2.39. The molecule has 0 atom stereocenters. The number of ether oxygens (including phenoxy) is 2. The number of aromatic nitrogens is 2. The summed E-state index contributed by atoms with van der Waals surface area (Å²) in [6, 6.07) is 12.0. The van der Waals surface area contributed by atoms with Crippen molar-refractivity contribution in [3.8, 4) is 5.69 Å². The highest BCUT2D eigenvalue weighted by molar-refractivity contribution is 5.79. The maximum Gasteiger partial charge on any atom is 0.191 e. The van der Waals surface area contributed by atoms with Gasteiger partial charge in [-0.3, -0.25) is 4.99 Å². The lowest BCUT2D eigenvalue weighted by atomic mass is 10.3. The van der Waals surface area contributed by atoms with Crippen LogP contribution >= 0.6 is 0 Å². The summed E-state index contributed by atoms with van der Waals surface area (Å²) < 4.78 is 12.9. The molecule has 0 aliphatic carbocycles. The summed E-state index contributed by atoms with van der Waals surface area (Å²) in [6.07, 6.45) is 4.22. The van der Waals surface area contributed by atoms with Crippen LogP contribution in [0.3, 0.4) is 0 Å². The second-order valence-electron chi connectivity index (χ2n) is 6.02. The first-order valence-corrected chi connectivity index (χ1v) is 9.53. The maximum absolute atomic E-state index is 5.54. The molecule has 0 saturated carbocycles. The molecule has 0 bridgehead atoms. The van der Waals surface area contributed by atoms with Crippen LogP contribution in [0, 0.1) is 0 Å². The lowest BCUT2D eigenvalue weighted by molar-refractivity contribution is 0.0487. The van der Waals surface area contributed by atoms with Gasteiger partial charge in [0.25, 0.3) is 0 Å². The van der Waals surface area contributed by atoms with E-state index in [0.29, 0.717) is 32.9 Å². The number of para-hydroxylation sites is 1. The summed E-state index contributed by atoms with van der Waals surface area (Å²) in [4.78, 5) is 4.22. The molecular formula is C20H31N5O2. The fourth-order valence-electron chi connectivity index (χ4n) is 2.39. The number of nitrogens with one attached hydrogen (secondary N) is 2. The molecule has 1 heterocycles. The summed E-state index contributed by atoms with van der Waals surface area (Å²) in [5.74, 6) is 0.729. The third kappa shape index (κ3) is 8.23. The van der Waals surface area contributed by atoms with Crippen LogP contribution in [0.4, 0.5) is 0 Å². The molecule has 2 N–H and O–H groups in total. The SMILES string of the molecule is CCCCOCCOCCNC(=NC)NCc1ccn(-c2ccccc2)n1. The molecule has 27 heavy (non-hydrogen) atoms. The van der Waals surface area contributed by atoms with Gasteiger partial charge in [0.05, 0.1) is 37.7 Å². The molecule has 0 radical (unpaired) electrons. The normalized spacial score (nSPS) is 11.6. The highest BCUT2D eigenvalue weighted by atomic mass is 16.5. The largest absolute Gasteiger partial charge is 0.379 e. The number of rotatable bonds is 12. The summed E-state index contributed by atoms with van der Waals surface area (Å²) in [5, 5.41) is 11.1. The third-order valence-electron chi connectivity index (χ3n) is 3.88. The molecule has 0 fully saturated rings. The first-order valence-electron chi connectivity index (χ1n) is 9.53. The fraction of sp³-hybridized carbons (Fsp3) is 0.500. The van der Waals surface area contributed by atoms with E-state index in [-0.39, 0.29) is 0 Å². The van der Waals surface area contributed by atoms with E-state index in [9.17, 15) is 0 Å². The molecule has 7 nitrogen and oxygen atoms in total. The lowest BCUT2D eigenvalue weighted by Crippen LogP contribution is -2.38. The molecular weight excluding hydrogens is 342 g/mol. The highest BCUT2D eigenvalue weighted by Crippen LogP contribution is 2.06. The summed E-state index contributed by atoms with van der Waals surface area (Å²) in [6.45, 7) is 6.14. The molecule has 0 saturated heterocycles. The van der Waals surface area contributed by atoms with Gasteiger partial charge in [0.2, 0.25) is 0 Å². The zero-order valence-corrected chi connectivity index (χ0v) is 16.4. The maximum atomic E-state index is 5.54. The molecule has 0 amide bonds. The van der Waals surface area contributed by atoms with Crippen LogP contribution in [0.25, 0.3) is 5.69 Å². The van der Waals surface area contributed by atoms with Gasteiger partial charge in [0.15, 0.2) is 5.96 Å². The Morgan fingerprint density at radius 3 is 2.56 bits per heavy atom. The second-order valence-corrected chi connectivity index (χ2v) is 6.02. The number of hydrogen-bond acceptors (Lipinski definition) is 4. The zero-order chi connectivity index (χ0) is 19.2. The van der Waals surface area contributed by atoms with E-state index < -0.39 is 0 Å². The van der Waals surface area contributed by atoms with Crippen molar-refractivity contribution in [2.24, 2.45) is 4.99 Å². The molecule has 1 aromatic carbocycles. The van der Waals surface area contributed by atoms with Crippen molar-refractivity contribution < 1.29 is 9.47 Å². The minimum Gasteiger partial charge on any atom is -0.379 e. The van der Waals surface area contributed by atoms with E-state index >= 15 is 0 Å². The number of nitrogens with zero attached hydrogens (tertiary/aromatic N) is 3. The van der Waals surface area contributed by atoms with Crippen molar-refractivity contribution in [2.75, 3.05) is 40.0 Å². The van der Waals surface area contributed by atoms with Gasteiger partial charge >= 0.3 is 0 Å². The molecule has 0 aliphatic rings. The quantitative estimate of drug-likeness (QED) is 0.339. The van der Waals surface area contributed by atoms with E-state index in [1.807, 2.05) is 47.3 Å². The van der Waals surface area contributed by atoms with Crippen LogP contribution in [0.1, 0.15) is 25.5 Å². The molecule has 7 heteroatoms. The summed E-state index contributed by atoms with van der Waals surface area (Å²) in [5.41, 5.74) is 1.99. The number of hydrogen-bond donors (Lipinski definition) is 2. The molecule has 0 spiro atoms. The van der Waals surface area contributed by atoms with Gasteiger partial charge in [-0.05, 0) is 24.6 Å². The average Bonchev–Trinajstić information content (AvgIpc) is 3.19. The van der Waals surface area contributed by atoms with Crippen molar-refractivity contribution in [1.29, 1.82) is 0 Å². The molecule has 0 unspecified atom stereocenters. The number of unbranched alkanes of at least 4 members (excludes halogenated alkanes) is 1. The number of benzene rings is 1.